The molecule has 0 aromatic heterocycles. The Morgan fingerprint density at radius 1 is 1.00 bits per heavy atom. The van der Waals surface area contributed by atoms with Crippen molar-refractivity contribution in [2.45, 2.75) is 24.2 Å². The number of hydrogen-bond donors (Lipinski definition) is 1. The highest BCUT2D eigenvalue weighted by Gasteiger charge is 2.28. The van der Waals surface area contributed by atoms with E-state index < -0.39 is 10.0 Å². The van der Waals surface area contributed by atoms with Crippen LogP contribution in [-0.2, 0) is 26.0 Å². The highest BCUT2D eigenvalue weighted by atomic mass is 32.2. The summed E-state index contributed by atoms with van der Waals surface area (Å²) in [4.78, 5) is 27.1. The first-order valence-electron chi connectivity index (χ1n) is 8.68. The summed E-state index contributed by atoms with van der Waals surface area (Å²) in [5.74, 6) is -0.0777. The molecule has 0 aliphatic carbocycles. The first kappa shape index (κ1) is 17.5. The van der Waals surface area contributed by atoms with Crippen LogP contribution in [0.3, 0.4) is 0 Å². The van der Waals surface area contributed by atoms with Crippen LogP contribution in [0.1, 0.15) is 18.4 Å². The number of nitrogens with zero attached hydrogens (tertiary/aromatic N) is 2. The Bertz CT molecular complexity index is 1050. The van der Waals surface area contributed by atoms with Gasteiger partial charge in [0.05, 0.1) is 22.7 Å². The van der Waals surface area contributed by atoms with E-state index in [9.17, 15) is 18.0 Å². The summed E-state index contributed by atoms with van der Waals surface area (Å²) in [7, 11) is -2.19. The highest BCUT2D eigenvalue weighted by Crippen LogP contribution is 2.33. The summed E-state index contributed by atoms with van der Waals surface area (Å²) in [5.41, 5.74) is 2.33. The van der Waals surface area contributed by atoms with Crippen LogP contribution in [0.5, 0.6) is 0 Å². The van der Waals surface area contributed by atoms with Gasteiger partial charge in [0.2, 0.25) is 11.8 Å². The normalized spacial score (nSPS) is 16.8. The Morgan fingerprint density at radius 2 is 1.78 bits per heavy atom. The predicted molar refractivity (Wildman–Crippen MR) is 102 cm³/mol. The number of benzene rings is 2. The van der Waals surface area contributed by atoms with Crippen molar-refractivity contribution in [2.24, 2.45) is 0 Å². The van der Waals surface area contributed by atoms with Gasteiger partial charge < -0.3 is 9.80 Å². The minimum Gasteiger partial charge on any atom is -0.315 e. The smallest absolute Gasteiger partial charge is 0.261 e. The fourth-order valence-corrected chi connectivity index (χ4v) is 4.64. The number of para-hydroxylation sites is 2. The molecule has 2 aliphatic rings. The van der Waals surface area contributed by atoms with Gasteiger partial charge in [-0.25, -0.2) is 8.42 Å². The van der Waals surface area contributed by atoms with E-state index >= 15 is 0 Å². The lowest BCUT2D eigenvalue weighted by atomic mass is 10.2. The van der Waals surface area contributed by atoms with Crippen LogP contribution in [0.2, 0.25) is 0 Å². The van der Waals surface area contributed by atoms with Gasteiger partial charge in [-0.15, -0.1) is 0 Å². The van der Waals surface area contributed by atoms with Crippen LogP contribution in [0, 0.1) is 0 Å². The first-order valence-corrected chi connectivity index (χ1v) is 10.2. The number of nitrogens with one attached hydrogen (secondary N) is 1. The van der Waals surface area contributed by atoms with Crippen molar-refractivity contribution in [1.29, 1.82) is 0 Å². The summed E-state index contributed by atoms with van der Waals surface area (Å²) >= 11 is 0. The third-order valence-corrected chi connectivity index (χ3v) is 6.31. The van der Waals surface area contributed by atoms with Gasteiger partial charge in [-0.3, -0.25) is 14.3 Å². The highest BCUT2D eigenvalue weighted by molar-refractivity contribution is 7.92. The molecule has 2 aromatic rings. The molecule has 0 atom stereocenters. The summed E-state index contributed by atoms with van der Waals surface area (Å²) in [5, 5.41) is 0. The summed E-state index contributed by atoms with van der Waals surface area (Å²) in [6.45, 7) is 0.574. The Hall–Kier alpha value is -2.87. The topological polar surface area (TPSA) is 86.8 Å². The third kappa shape index (κ3) is 3.06. The number of anilines is 3. The molecule has 140 valence electrons. The fourth-order valence-electron chi connectivity index (χ4n) is 3.52. The summed E-state index contributed by atoms with van der Waals surface area (Å²) < 4.78 is 28.4. The van der Waals surface area contributed by atoms with Crippen LogP contribution < -0.4 is 14.5 Å². The van der Waals surface area contributed by atoms with Crippen LogP contribution in [0.25, 0.3) is 0 Å². The average molecular weight is 385 g/mol. The second-order valence-corrected chi connectivity index (χ2v) is 8.37. The van der Waals surface area contributed by atoms with Crippen molar-refractivity contribution < 1.29 is 18.0 Å². The van der Waals surface area contributed by atoms with Crippen LogP contribution in [-0.4, -0.2) is 33.8 Å². The zero-order valence-corrected chi connectivity index (χ0v) is 15.6. The van der Waals surface area contributed by atoms with Gasteiger partial charge in [0.25, 0.3) is 10.0 Å². The molecular formula is C19H19N3O4S. The minimum atomic E-state index is -3.86. The predicted octanol–water partition coefficient (Wildman–Crippen LogP) is 2.13. The van der Waals surface area contributed by atoms with Crippen molar-refractivity contribution in [3.63, 3.8) is 0 Å². The zero-order valence-electron chi connectivity index (χ0n) is 14.8. The lowest BCUT2D eigenvalue weighted by molar-refractivity contribution is -0.117. The molecule has 2 aromatic carbocycles. The molecule has 4 rings (SSSR count). The van der Waals surface area contributed by atoms with Gasteiger partial charge in [0.15, 0.2) is 0 Å². The molecule has 0 saturated carbocycles. The van der Waals surface area contributed by atoms with Crippen molar-refractivity contribution in [1.82, 2.24) is 0 Å². The minimum absolute atomic E-state index is 0.0132. The number of sulfonamides is 1. The monoisotopic (exact) mass is 385 g/mol. The first-order chi connectivity index (χ1) is 12.9. The molecule has 1 N–H and O–H groups in total. The molecule has 2 amide bonds. The number of amides is 2. The Labute approximate surface area is 157 Å². The van der Waals surface area contributed by atoms with Crippen LogP contribution in [0.15, 0.2) is 47.4 Å². The van der Waals surface area contributed by atoms with Gasteiger partial charge in [0, 0.05) is 25.7 Å². The molecule has 1 saturated heterocycles. The van der Waals surface area contributed by atoms with E-state index in [0.717, 1.165) is 12.1 Å². The summed E-state index contributed by atoms with van der Waals surface area (Å²) in [6, 6.07) is 11.5. The fraction of sp³-hybridized carbons (Fsp3) is 0.263. The van der Waals surface area contributed by atoms with E-state index in [2.05, 4.69) is 4.72 Å². The van der Waals surface area contributed by atoms with Gasteiger partial charge in [-0.05, 0) is 42.3 Å². The molecule has 0 radical (unpaired) electrons. The SMILES string of the molecule is CN1C(=O)Cc2cc(S(=O)(=O)Nc3ccccc3N3CCCC3=O)ccc21. The molecule has 8 heteroatoms. The van der Waals surface area contributed by atoms with E-state index in [1.54, 1.807) is 42.3 Å². The maximum atomic E-state index is 12.9. The van der Waals surface area contributed by atoms with Crippen molar-refractivity contribution in [2.75, 3.05) is 28.1 Å². The maximum absolute atomic E-state index is 12.9. The number of likely N-dealkylation sites (N-methyl/N-ethyl adjacent to an activating group) is 1. The standard InChI is InChI=1S/C19H19N3O4S/c1-21-16-9-8-14(11-13(16)12-19(21)24)27(25,26)20-15-5-2-3-6-17(15)22-10-4-7-18(22)23/h2-3,5-6,8-9,11,20H,4,7,10,12H2,1H3. The van der Waals surface area contributed by atoms with E-state index in [-0.39, 0.29) is 23.1 Å². The molecule has 27 heavy (non-hydrogen) atoms. The van der Waals surface area contributed by atoms with E-state index in [1.807, 2.05) is 0 Å². The third-order valence-electron chi connectivity index (χ3n) is 4.95. The van der Waals surface area contributed by atoms with Crippen molar-refractivity contribution >= 4 is 38.9 Å². The number of rotatable bonds is 4. The lowest BCUT2D eigenvalue weighted by Crippen LogP contribution is -2.25. The van der Waals surface area contributed by atoms with E-state index in [0.29, 0.717) is 29.9 Å². The molecule has 0 unspecified atom stereocenters. The molecule has 2 aliphatic heterocycles. The number of carbonyl (C=O) groups excluding carboxylic acids is 2. The quantitative estimate of drug-likeness (QED) is 0.874. The van der Waals surface area contributed by atoms with E-state index in [4.69, 9.17) is 0 Å². The molecule has 0 bridgehead atoms. The second-order valence-electron chi connectivity index (χ2n) is 6.69. The second kappa shape index (κ2) is 6.38. The number of carbonyl (C=O) groups is 2. The Morgan fingerprint density at radius 3 is 2.52 bits per heavy atom. The number of hydrogen-bond acceptors (Lipinski definition) is 4. The van der Waals surface area contributed by atoms with Gasteiger partial charge >= 0.3 is 0 Å². The van der Waals surface area contributed by atoms with Gasteiger partial charge in [0.1, 0.15) is 0 Å². The Balaban J connectivity index is 1.67. The maximum Gasteiger partial charge on any atom is 0.261 e. The zero-order chi connectivity index (χ0) is 19.2. The van der Waals surface area contributed by atoms with Crippen molar-refractivity contribution in [3.05, 3.63) is 48.0 Å². The molecule has 7 nitrogen and oxygen atoms in total. The van der Waals surface area contributed by atoms with Gasteiger partial charge in [-0.2, -0.15) is 0 Å². The molecule has 1 fully saturated rings. The number of fused-ring (bicyclic) bond motifs is 1. The van der Waals surface area contributed by atoms with Crippen LogP contribution in [0.4, 0.5) is 17.1 Å². The average Bonchev–Trinajstić information content (AvgIpc) is 3.18. The summed E-state index contributed by atoms with van der Waals surface area (Å²) in [6.07, 6.45) is 1.41. The largest absolute Gasteiger partial charge is 0.315 e. The van der Waals surface area contributed by atoms with Gasteiger partial charge in [-0.1, -0.05) is 12.1 Å². The molecule has 2 heterocycles. The van der Waals surface area contributed by atoms with Crippen molar-refractivity contribution in [3.8, 4) is 0 Å². The lowest BCUT2D eigenvalue weighted by Gasteiger charge is -2.20. The molecular weight excluding hydrogens is 366 g/mol. The van der Waals surface area contributed by atoms with Crippen LogP contribution >= 0.6 is 0 Å². The Kier molecular flexibility index (Phi) is 4.15. The van der Waals surface area contributed by atoms with E-state index in [1.165, 1.54) is 17.0 Å². The molecule has 0 spiro atoms.